The highest BCUT2D eigenvalue weighted by Gasteiger charge is 2.13. The average Bonchev–Trinajstić information content (AvgIpc) is 3.14. The molecule has 6 heteroatoms. The van der Waals surface area contributed by atoms with E-state index in [4.69, 9.17) is 4.74 Å². The van der Waals surface area contributed by atoms with Crippen LogP contribution in [0.4, 0.5) is 5.69 Å². The maximum atomic E-state index is 11.8. The Morgan fingerprint density at radius 2 is 2.03 bits per heavy atom. The Hall–Kier alpha value is -4.37. The Bertz CT molecular complexity index is 1360. The van der Waals surface area contributed by atoms with Gasteiger partial charge in [-0.3, -0.25) is 4.79 Å². The number of aryl methyl sites for hydroxylation is 1. The van der Waals surface area contributed by atoms with Gasteiger partial charge in [0.25, 0.3) is 0 Å². The topological polar surface area (TPSA) is 79.9 Å². The number of carbonyl (C=O) groups is 1. The number of rotatable bonds is 5. The molecule has 0 atom stereocenters. The predicted molar refractivity (Wildman–Crippen MR) is 122 cm³/mol. The zero-order valence-corrected chi connectivity index (χ0v) is 17.2. The van der Waals surface area contributed by atoms with Crippen molar-refractivity contribution in [3.8, 4) is 34.1 Å². The van der Waals surface area contributed by atoms with Gasteiger partial charge in [0.2, 0.25) is 5.91 Å². The second-order valence-electron chi connectivity index (χ2n) is 7.09. The first-order chi connectivity index (χ1) is 15.0. The van der Waals surface area contributed by atoms with E-state index in [1.54, 1.807) is 25.4 Å². The van der Waals surface area contributed by atoms with Crippen molar-refractivity contribution in [2.75, 3.05) is 12.4 Å². The highest BCUT2D eigenvalue weighted by molar-refractivity contribution is 6.00. The quantitative estimate of drug-likeness (QED) is 0.476. The summed E-state index contributed by atoms with van der Waals surface area (Å²) in [7, 11) is 3.53. The third kappa shape index (κ3) is 3.89. The first-order valence-corrected chi connectivity index (χ1v) is 9.61. The van der Waals surface area contributed by atoms with E-state index in [1.165, 1.54) is 6.08 Å². The van der Waals surface area contributed by atoms with Crippen LogP contribution in [0.15, 0.2) is 73.6 Å². The van der Waals surface area contributed by atoms with Crippen molar-refractivity contribution in [3.05, 3.63) is 79.1 Å². The second kappa shape index (κ2) is 8.17. The van der Waals surface area contributed by atoms with E-state index in [1.807, 2.05) is 48.1 Å². The summed E-state index contributed by atoms with van der Waals surface area (Å²) in [4.78, 5) is 16.4. The molecule has 0 spiro atoms. The number of benzene rings is 2. The molecule has 0 aliphatic heterocycles. The minimum absolute atomic E-state index is 0.296. The van der Waals surface area contributed by atoms with Crippen LogP contribution >= 0.6 is 0 Å². The van der Waals surface area contributed by atoms with Crippen LogP contribution in [-0.2, 0) is 11.8 Å². The lowest BCUT2D eigenvalue weighted by atomic mass is 10.0. The number of pyridine rings is 1. The fourth-order valence-corrected chi connectivity index (χ4v) is 3.55. The van der Waals surface area contributed by atoms with Crippen LogP contribution in [0.3, 0.4) is 0 Å². The zero-order chi connectivity index (χ0) is 22.0. The third-order valence-electron chi connectivity index (χ3n) is 5.04. The number of nitrogens with one attached hydrogen (secondary N) is 1. The Morgan fingerprint density at radius 3 is 2.77 bits per heavy atom. The molecule has 0 radical (unpaired) electrons. The minimum Gasteiger partial charge on any atom is -0.497 e. The van der Waals surface area contributed by atoms with Crippen molar-refractivity contribution in [2.45, 2.75) is 0 Å². The van der Waals surface area contributed by atoms with Crippen LogP contribution in [0.25, 0.3) is 33.3 Å². The van der Waals surface area contributed by atoms with Gasteiger partial charge in [0.15, 0.2) is 0 Å². The summed E-state index contributed by atoms with van der Waals surface area (Å²) in [6, 6.07) is 17.3. The van der Waals surface area contributed by atoms with Crippen LogP contribution in [0.2, 0.25) is 0 Å². The maximum Gasteiger partial charge on any atom is 0.247 e. The van der Waals surface area contributed by atoms with Crippen molar-refractivity contribution in [1.82, 2.24) is 9.55 Å². The number of fused-ring (bicyclic) bond motifs is 1. The number of amides is 1. The molecule has 2 aromatic heterocycles. The van der Waals surface area contributed by atoms with E-state index in [2.05, 4.69) is 29.0 Å². The number of hydrogen-bond acceptors (Lipinski definition) is 4. The largest absolute Gasteiger partial charge is 0.497 e. The lowest BCUT2D eigenvalue weighted by Crippen LogP contribution is -2.07. The van der Waals surface area contributed by atoms with E-state index in [0.717, 1.165) is 33.3 Å². The molecular formula is C25H20N4O2. The van der Waals surface area contributed by atoms with E-state index >= 15 is 0 Å². The van der Waals surface area contributed by atoms with E-state index in [9.17, 15) is 10.1 Å². The first kappa shape index (κ1) is 19.9. The molecular weight excluding hydrogens is 388 g/mol. The smallest absolute Gasteiger partial charge is 0.247 e. The highest BCUT2D eigenvalue weighted by Crippen LogP contribution is 2.34. The first-order valence-electron chi connectivity index (χ1n) is 9.61. The number of anilines is 1. The summed E-state index contributed by atoms with van der Waals surface area (Å²) in [6.45, 7) is 3.49. The fraction of sp³-hybridized carbons (Fsp3) is 0.0800. The van der Waals surface area contributed by atoms with Gasteiger partial charge in [-0.1, -0.05) is 18.7 Å². The number of nitrogens with zero attached hydrogens (tertiary/aromatic N) is 3. The van der Waals surface area contributed by atoms with Crippen LogP contribution in [-0.4, -0.2) is 22.6 Å². The molecule has 0 fully saturated rings. The molecule has 2 heterocycles. The number of nitriles is 1. The molecule has 0 unspecified atom stereocenters. The maximum absolute atomic E-state index is 11.8. The molecule has 31 heavy (non-hydrogen) atoms. The number of carbonyl (C=O) groups excluding carboxylic acids is 1. The molecule has 6 nitrogen and oxygen atoms in total. The Kier molecular flexibility index (Phi) is 5.25. The van der Waals surface area contributed by atoms with Crippen LogP contribution in [0.1, 0.15) is 5.56 Å². The van der Waals surface area contributed by atoms with Crippen molar-refractivity contribution in [1.29, 1.82) is 5.26 Å². The molecule has 0 bridgehead atoms. The highest BCUT2D eigenvalue weighted by atomic mass is 16.5. The molecule has 2 aromatic carbocycles. The van der Waals surface area contributed by atoms with Crippen molar-refractivity contribution < 1.29 is 9.53 Å². The predicted octanol–water partition coefficient (Wildman–Crippen LogP) is 4.91. The molecule has 0 saturated carbocycles. The molecule has 0 saturated heterocycles. The standard InChI is InChI=1S/C25H20N4O2/c1-4-24(30)28-20-9-18(10-21(12-20)31-3)19-11-22-23(15-29(2)25(22)27-14-19)17-7-5-6-16(8-17)13-26/h4-12,14-15H,1H2,2-3H3,(H,28,30). The third-order valence-corrected chi connectivity index (χ3v) is 5.04. The SMILES string of the molecule is C=CC(=O)Nc1cc(OC)cc(-c2cnc3c(c2)c(-c2cccc(C#N)c2)cn3C)c1. The van der Waals surface area contributed by atoms with E-state index in [-0.39, 0.29) is 5.91 Å². The molecule has 1 N–H and O–H groups in total. The van der Waals surface area contributed by atoms with Crippen molar-refractivity contribution in [2.24, 2.45) is 7.05 Å². The van der Waals surface area contributed by atoms with Crippen molar-refractivity contribution >= 4 is 22.6 Å². The van der Waals surface area contributed by atoms with Gasteiger partial charge >= 0.3 is 0 Å². The normalized spacial score (nSPS) is 10.5. The summed E-state index contributed by atoms with van der Waals surface area (Å²) in [6.07, 6.45) is 5.03. The molecule has 1 amide bonds. The second-order valence-corrected chi connectivity index (χ2v) is 7.09. The molecule has 4 rings (SSSR count). The summed E-state index contributed by atoms with van der Waals surface area (Å²) in [5.74, 6) is 0.322. The minimum atomic E-state index is -0.296. The Morgan fingerprint density at radius 1 is 1.19 bits per heavy atom. The van der Waals surface area contributed by atoms with Crippen LogP contribution in [0.5, 0.6) is 5.75 Å². The number of methoxy groups -OCH3 is 1. The van der Waals surface area contributed by atoms with E-state index < -0.39 is 0 Å². The molecule has 0 aliphatic carbocycles. The Balaban J connectivity index is 1.86. The van der Waals surface area contributed by atoms with Gasteiger partial charge < -0.3 is 14.6 Å². The zero-order valence-electron chi connectivity index (χ0n) is 17.2. The van der Waals surface area contributed by atoms with Gasteiger partial charge in [0, 0.05) is 47.7 Å². The lowest BCUT2D eigenvalue weighted by molar-refractivity contribution is -0.111. The summed E-state index contributed by atoms with van der Waals surface area (Å²) >= 11 is 0. The molecule has 0 aliphatic rings. The summed E-state index contributed by atoms with van der Waals surface area (Å²) < 4.78 is 7.38. The Labute approximate surface area is 180 Å². The van der Waals surface area contributed by atoms with Crippen molar-refractivity contribution in [3.63, 3.8) is 0 Å². The number of aromatic nitrogens is 2. The van der Waals surface area contributed by atoms with Crippen LogP contribution < -0.4 is 10.1 Å². The molecule has 4 aromatic rings. The number of hydrogen-bond donors (Lipinski definition) is 1. The fourth-order valence-electron chi connectivity index (χ4n) is 3.55. The summed E-state index contributed by atoms with van der Waals surface area (Å²) in [5.41, 5.74) is 5.73. The summed E-state index contributed by atoms with van der Waals surface area (Å²) in [5, 5.41) is 13.0. The van der Waals surface area contributed by atoms with Gasteiger partial charge in [-0.15, -0.1) is 0 Å². The molecule has 152 valence electrons. The monoisotopic (exact) mass is 408 g/mol. The van der Waals surface area contributed by atoms with Gasteiger partial charge in [0.05, 0.1) is 18.7 Å². The van der Waals surface area contributed by atoms with Crippen LogP contribution in [0, 0.1) is 11.3 Å². The number of ether oxygens (including phenoxy) is 1. The lowest BCUT2D eigenvalue weighted by Gasteiger charge is -2.10. The average molecular weight is 408 g/mol. The van der Waals surface area contributed by atoms with Gasteiger partial charge in [-0.05, 0) is 47.5 Å². The van der Waals surface area contributed by atoms with Gasteiger partial charge in [-0.25, -0.2) is 4.98 Å². The van der Waals surface area contributed by atoms with Gasteiger partial charge in [-0.2, -0.15) is 5.26 Å². The van der Waals surface area contributed by atoms with E-state index in [0.29, 0.717) is 17.0 Å². The van der Waals surface area contributed by atoms with Gasteiger partial charge in [0.1, 0.15) is 11.4 Å².